The summed E-state index contributed by atoms with van der Waals surface area (Å²) < 4.78 is 0. The van der Waals surface area contributed by atoms with E-state index in [9.17, 15) is 9.59 Å². The average molecular weight is 445 g/mol. The van der Waals surface area contributed by atoms with Gasteiger partial charge in [-0.25, -0.2) is 0 Å². The van der Waals surface area contributed by atoms with Crippen molar-refractivity contribution in [1.29, 1.82) is 0 Å². The molecular weight excluding hydrogens is 411 g/mol. The van der Waals surface area contributed by atoms with Crippen molar-refractivity contribution in [3.8, 4) is 0 Å². The molecule has 1 atom stereocenters. The van der Waals surface area contributed by atoms with Crippen LogP contribution in [0.2, 0.25) is 0 Å². The lowest BCUT2D eigenvalue weighted by atomic mass is 9.94. The molecule has 1 saturated carbocycles. The predicted molar refractivity (Wildman–Crippen MR) is 121 cm³/mol. The molecule has 1 aliphatic carbocycles. The van der Waals surface area contributed by atoms with E-state index in [4.69, 9.17) is 5.73 Å². The molecule has 2 N–H and O–H groups in total. The van der Waals surface area contributed by atoms with Crippen molar-refractivity contribution in [3.05, 3.63) is 35.9 Å². The highest BCUT2D eigenvalue weighted by atomic mass is 35.5. The van der Waals surface area contributed by atoms with Crippen LogP contribution in [0.15, 0.2) is 30.3 Å². The minimum Gasteiger partial charge on any atom is -0.342 e. The molecule has 1 saturated heterocycles. The van der Waals surface area contributed by atoms with Crippen molar-refractivity contribution in [3.63, 3.8) is 0 Å². The highest BCUT2D eigenvalue weighted by Crippen LogP contribution is 2.22. The number of likely N-dealkylation sites (N-methyl/N-ethyl adjacent to an activating group) is 1. The van der Waals surface area contributed by atoms with Crippen LogP contribution >= 0.6 is 24.8 Å². The Morgan fingerprint density at radius 3 is 2.21 bits per heavy atom. The first kappa shape index (κ1) is 25.7. The number of benzene rings is 1. The van der Waals surface area contributed by atoms with Gasteiger partial charge in [-0.15, -0.1) is 24.8 Å². The van der Waals surface area contributed by atoms with Gasteiger partial charge in [0.05, 0.1) is 6.54 Å². The number of piperazine rings is 1. The summed E-state index contributed by atoms with van der Waals surface area (Å²) in [5.74, 6) is 0.161. The van der Waals surface area contributed by atoms with Crippen LogP contribution in [0.25, 0.3) is 0 Å². The average Bonchev–Trinajstić information content (AvgIpc) is 2.74. The summed E-state index contributed by atoms with van der Waals surface area (Å²) in [6, 6.07) is 9.27. The fraction of sp³-hybridized carbons (Fsp3) is 0.619. The van der Waals surface area contributed by atoms with Crippen LogP contribution in [-0.4, -0.2) is 72.3 Å². The lowest BCUT2D eigenvalue weighted by molar-refractivity contribution is -0.136. The van der Waals surface area contributed by atoms with E-state index in [0.717, 1.165) is 31.5 Å². The zero-order valence-corrected chi connectivity index (χ0v) is 18.8. The molecule has 29 heavy (non-hydrogen) atoms. The lowest BCUT2D eigenvalue weighted by Crippen LogP contribution is -2.53. The second-order valence-electron chi connectivity index (χ2n) is 7.79. The van der Waals surface area contributed by atoms with Gasteiger partial charge in [-0.2, -0.15) is 0 Å². The number of amides is 2. The van der Waals surface area contributed by atoms with E-state index >= 15 is 0 Å². The van der Waals surface area contributed by atoms with Crippen molar-refractivity contribution in [2.75, 3.05) is 39.8 Å². The molecule has 1 aromatic carbocycles. The van der Waals surface area contributed by atoms with Gasteiger partial charge in [-0.1, -0.05) is 49.6 Å². The standard InChI is InChI=1S/C21H32N4O2.2ClH/c1-23(18-10-6-3-7-11-18)19(26)16-24-12-14-25(15-13-24)21(27)20(22)17-8-4-2-5-9-17;;/h2,4-5,8-9,18,20H,3,6-7,10-16,22H2,1H3;2*1H. The van der Waals surface area contributed by atoms with Gasteiger partial charge in [0, 0.05) is 39.3 Å². The smallest absolute Gasteiger partial charge is 0.244 e. The molecular formula is C21H34Cl2N4O2. The summed E-state index contributed by atoms with van der Waals surface area (Å²) in [4.78, 5) is 31.2. The third-order valence-corrected chi connectivity index (χ3v) is 5.98. The van der Waals surface area contributed by atoms with Gasteiger partial charge >= 0.3 is 0 Å². The number of hydrogen-bond acceptors (Lipinski definition) is 4. The molecule has 0 radical (unpaired) electrons. The molecule has 6 nitrogen and oxygen atoms in total. The number of rotatable bonds is 5. The van der Waals surface area contributed by atoms with Crippen molar-refractivity contribution in [2.45, 2.75) is 44.2 Å². The van der Waals surface area contributed by atoms with Gasteiger partial charge in [-0.3, -0.25) is 14.5 Å². The second-order valence-corrected chi connectivity index (χ2v) is 7.79. The monoisotopic (exact) mass is 444 g/mol. The minimum absolute atomic E-state index is 0. The molecule has 2 fully saturated rings. The Bertz CT molecular complexity index is 633. The van der Waals surface area contributed by atoms with Gasteiger partial charge in [0.15, 0.2) is 0 Å². The fourth-order valence-electron chi connectivity index (χ4n) is 4.10. The van der Waals surface area contributed by atoms with Crippen LogP contribution < -0.4 is 5.73 Å². The molecule has 2 amide bonds. The van der Waals surface area contributed by atoms with Crippen LogP contribution in [0.5, 0.6) is 0 Å². The maximum absolute atomic E-state index is 12.6. The first-order valence-corrected chi connectivity index (χ1v) is 10.1. The third-order valence-electron chi connectivity index (χ3n) is 5.98. The molecule has 3 rings (SSSR count). The maximum Gasteiger partial charge on any atom is 0.244 e. The van der Waals surface area contributed by atoms with Gasteiger partial charge in [-0.05, 0) is 18.4 Å². The Balaban J connectivity index is 0.00000210. The van der Waals surface area contributed by atoms with Crippen LogP contribution in [0, 0.1) is 0 Å². The van der Waals surface area contributed by atoms with E-state index in [1.165, 1.54) is 19.3 Å². The van der Waals surface area contributed by atoms with Crippen molar-refractivity contribution in [2.24, 2.45) is 5.73 Å². The summed E-state index contributed by atoms with van der Waals surface area (Å²) in [5, 5.41) is 0. The van der Waals surface area contributed by atoms with E-state index in [1.807, 2.05) is 47.2 Å². The van der Waals surface area contributed by atoms with Crippen LogP contribution in [0.1, 0.15) is 43.7 Å². The molecule has 1 heterocycles. The highest BCUT2D eigenvalue weighted by molar-refractivity contribution is 5.85. The minimum atomic E-state index is -0.614. The van der Waals surface area contributed by atoms with Crippen molar-refractivity contribution >= 4 is 36.6 Å². The summed E-state index contributed by atoms with van der Waals surface area (Å²) >= 11 is 0. The van der Waals surface area contributed by atoms with E-state index in [-0.39, 0.29) is 36.6 Å². The molecule has 0 bridgehead atoms. The first-order chi connectivity index (χ1) is 13.1. The Morgan fingerprint density at radius 2 is 1.62 bits per heavy atom. The number of carbonyl (C=O) groups is 2. The largest absolute Gasteiger partial charge is 0.342 e. The summed E-state index contributed by atoms with van der Waals surface area (Å²) in [7, 11) is 1.94. The number of carbonyl (C=O) groups excluding carboxylic acids is 2. The van der Waals surface area contributed by atoms with E-state index in [1.54, 1.807) is 0 Å². The van der Waals surface area contributed by atoms with Crippen molar-refractivity contribution in [1.82, 2.24) is 14.7 Å². The Labute approximate surface area is 186 Å². The molecule has 8 heteroatoms. The number of hydrogen-bond donors (Lipinski definition) is 1. The SMILES string of the molecule is CN(C(=O)CN1CCN(C(=O)C(N)c2ccccc2)CC1)C1CCCCC1.Cl.Cl. The Kier molecular flexibility index (Phi) is 11.0. The molecule has 1 aliphatic heterocycles. The Morgan fingerprint density at radius 1 is 1.03 bits per heavy atom. The maximum atomic E-state index is 12.6. The summed E-state index contributed by atoms with van der Waals surface area (Å²) in [6.45, 7) is 3.13. The summed E-state index contributed by atoms with van der Waals surface area (Å²) in [5.41, 5.74) is 6.98. The zero-order chi connectivity index (χ0) is 19.2. The third kappa shape index (κ3) is 6.85. The zero-order valence-electron chi connectivity index (χ0n) is 17.2. The molecule has 164 valence electrons. The molecule has 1 aromatic rings. The predicted octanol–water partition coefficient (Wildman–Crippen LogP) is 2.47. The quantitative estimate of drug-likeness (QED) is 0.756. The molecule has 1 unspecified atom stereocenters. The topological polar surface area (TPSA) is 69.9 Å². The van der Waals surface area contributed by atoms with E-state index in [0.29, 0.717) is 25.7 Å². The van der Waals surface area contributed by atoms with E-state index in [2.05, 4.69) is 4.90 Å². The summed E-state index contributed by atoms with van der Waals surface area (Å²) in [6.07, 6.45) is 6.00. The normalized spacial score (nSPS) is 18.9. The van der Waals surface area contributed by atoms with Gasteiger partial charge < -0.3 is 15.5 Å². The van der Waals surface area contributed by atoms with Gasteiger partial charge in [0.1, 0.15) is 6.04 Å². The number of nitrogens with zero attached hydrogens (tertiary/aromatic N) is 3. The van der Waals surface area contributed by atoms with E-state index < -0.39 is 6.04 Å². The van der Waals surface area contributed by atoms with Crippen LogP contribution in [0.3, 0.4) is 0 Å². The van der Waals surface area contributed by atoms with Gasteiger partial charge in [0.25, 0.3) is 0 Å². The number of nitrogens with two attached hydrogens (primary N) is 1. The Hall–Kier alpha value is -1.34. The van der Waals surface area contributed by atoms with Crippen molar-refractivity contribution < 1.29 is 9.59 Å². The molecule has 0 spiro atoms. The highest BCUT2D eigenvalue weighted by Gasteiger charge is 2.28. The van der Waals surface area contributed by atoms with Crippen LogP contribution in [0.4, 0.5) is 0 Å². The first-order valence-electron chi connectivity index (χ1n) is 10.1. The fourth-order valence-corrected chi connectivity index (χ4v) is 4.10. The number of halogens is 2. The van der Waals surface area contributed by atoms with Crippen LogP contribution in [-0.2, 0) is 9.59 Å². The second kappa shape index (κ2) is 12.4. The van der Waals surface area contributed by atoms with Gasteiger partial charge in [0.2, 0.25) is 11.8 Å². The lowest BCUT2D eigenvalue weighted by Gasteiger charge is -2.37. The molecule has 0 aromatic heterocycles. The molecule has 2 aliphatic rings.